The third kappa shape index (κ3) is 1.82. The van der Waals surface area contributed by atoms with Crippen LogP contribution in [0.15, 0.2) is 12.2 Å². The topological polar surface area (TPSA) is 40.5 Å². The summed E-state index contributed by atoms with van der Waals surface area (Å²) < 4.78 is 0. The number of likely N-dealkylation sites (tertiary alicyclic amines) is 1. The molecule has 0 aromatic rings. The van der Waals surface area contributed by atoms with Gasteiger partial charge < -0.3 is 5.11 Å². The summed E-state index contributed by atoms with van der Waals surface area (Å²) >= 11 is 0. The number of aliphatic carboxylic acids is 1. The number of hydrogen-bond donors (Lipinski definition) is 1. The van der Waals surface area contributed by atoms with E-state index in [-0.39, 0.29) is 0 Å². The lowest BCUT2D eigenvalue weighted by molar-refractivity contribution is -0.149. The van der Waals surface area contributed by atoms with Gasteiger partial charge in [-0.05, 0) is 32.7 Å². The molecule has 0 aromatic carbocycles. The lowest BCUT2D eigenvalue weighted by atomic mass is 9.93. The van der Waals surface area contributed by atoms with Gasteiger partial charge in [0.2, 0.25) is 0 Å². The monoisotopic (exact) mass is 197 g/mol. The molecule has 1 rings (SSSR count). The fraction of sp³-hybridized carbons (Fsp3) is 0.727. The van der Waals surface area contributed by atoms with E-state index in [4.69, 9.17) is 0 Å². The fourth-order valence-corrected chi connectivity index (χ4v) is 2.23. The standard InChI is InChI=1S/C11H19NO2/c1-3-5-8-12-9-6-7-11(12,4-2)10(13)14/h3,5H,4,6-9H2,1-2H3,(H,13,14)/b5-3+. The third-order valence-corrected chi connectivity index (χ3v) is 3.17. The highest BCUT2D eigenvalue weighted by molar-refractivity contribution is 5.79. The molecule has 1 fully saturated rings. The summed E-state index contributed by atoms with van der Waals surface area (Å²) in [4.78, 5) is 13.3. The Kier molecular flexibility index (Phi) is 3.69. The van der Waals surface area contributed by atoms with E-state index >= 15 is 0 Å². The first-order chi connectivity index (χ1) is 6.67. The zero-order valence-electron chi connectivity index (χ0n) is 8.99. The molecule has 80 valence electrons. The zero-order chi connectivity index (χ0) is 10.6. The smallest absolute Gasteiger partial charge is 0.324 e. The van der Waals surface area contributed by atoms with Crippen LogP contribution in [0.5, 0.6) is 0 Å². The minimum absolute atomic E-state index is 0.598. The van der Waals surface area contributed by atoms with Gasteiger partial charge in [0.25, 0.3) is 0 Å². The number of carboxylic acid groups (broad SMARTS) is 1. The van der Waals surface area contributed by atoms with Crippen LogP contribution in [-0.2, 0) is 4.79 Å². The molecule has 0 spiro atoms. The van der Waals surface area contributed by atoms with Crippen molar-refractivity contribution < 1.29 is 9.90 Å². The largest absolute Gasteiger partial charge is 0.480 e. The predicted molar refractivity (Wildman–Crippen MR) is 56.3 cm³/mol. The summed E-state index contributed by atoms with van der Waals surface area (Å²) in [6, 6.07) is 0. The van der Waals surface area contributed by atoms with Crippen LogP contribution in [-0.4, -0.2) is 34.6 Å². The zero-order valence-corrected chi connectivity index (χ0v) is 8.99. The molecule has 0 aliphatic carbocycles. The Morgan fingerprint density at radius 1 is 1.64 bits per heavy atom. The molecule has 1 aliphatic rings. The normalized spacial score (nSPS) is 28.7. The molecule has 0 radical (unpaired) electrons. The van der Waals surface area contributed by atoms with E-state index in [9.17, 15) is 9.90 Å². The molecule has 1 saturated heterocycles. The average Bonchev–Trinajstić information content (AvgIpc) is 2.58. The number of carboxylic acids is 1. The van der Waals surface area contributed by atoms with Gasteiger partial charge in [-0.1, -0.05) is 19.1 Å². The quantitative estimate of drug-likeness (QED) is 0.700. The maximum atomic E-state index is 11.3. The second-order valence-corrected chi connectivity index (χ2v) is 3.81. The first-order valence-electron chi connectivity index (χ1n) is 5.27. The van der Waals surface area contributed by atoms with Crippen molar-refractivity contribution in [3.05, 3.63) is 12.2 Å². The first kappa shape index (κ1) is 11.2. The maximum Gasteiger partial charge on any atom is 0.324 e. The van der Waals surface area contributed by atoms with Gasteiger partial charge in [0.15, 0.2) is 0 Å². The second kappa shape index (κ2) is 4.60. The molecule has 0 aromatic heterocycles. The van der Waals surface area contributed by atoms with E-state index in [1.54, 1.807) is 0 Å². The summed E-state index contributed by atoms with van der Waals surface area (Å²) in [6.07, 6.45) is 6.48. The molecule has 3 nitrogen and oxygen atoms in total. The van der Waals surface area contributed by atoms with Crippen LogP contribution >= 0.6 is 0 Å². The SMILES string of the molecule is C/C=C/CN1CCCC1(CC)C(=O)O. The van der Waals surface area contributed by atoms with Gasteiger partial charge >= 0.3 is 5.97 Å². The van der Waals surface area contributed by atoms with Gasteiger partial charge in [0.1, 0.15) is 5.54 Å². The predicted octanol–water partition coefficient (Wildman–Crippen LogP) is 1.89. The van der Waals surface area contributed by atoms with Crippen molar-refractivity contribution in [2.45, 2.75) is 38.6 Å². The summed E-state index contributed by atoms with van der Waals surface area (Å²) in [7, 11) is 0. The lowest BCUT2D eigenvalue weighted by Crippen LogP contribution is -2.50. The second-order valence-electron chi connectivity index (χ2n) is 3.81. The van der Waals surface area contributed by atoms with Crippen LogP contribution in [0.4, 0.5) is 0 Å². The highest BCUT2D eigenvalue weighted by Gasteiger charge is 2.45. The summed E-state index contributed by atoms with van der Waals surface area (Å²) in [6.45, 7) is 5.59. The molecular weight excluding hydrogens is 178 g/mol. The number of nitrogens with zero attached hydrogens (tertiary/aromatic N) is 1. The van der Waals surface area contributed by atoms with Gasteiger partial charge in [-0.25, -0.2) is 0 Å². The highest BCUT2D eigenvalue weighted by Crippen LogP contribution is 2.32. The van der Waals surface area contributed by atoms with Gasteiger partial charge in [-0.15, -0.1) is 0 Å². The molecule has 1 unspecified atom stereocenters. The van der Waals surface area contributed by atoms with E-state index < -0.39 is 11.5 Å². The van der Waals surface area contributed by atoms with Gasteiger partial charge in [0, 0.05) is 6.54 Å². The van der Waals surface area contributed by atoms with Crippen LogP contribution < -0.4 is 0 Å². The van der Waals surface area contributed by atoms with Crippen LogP contribution in [0, 0.1) is 0 Å². The minimum atomic E-state index is -0.665. The summed E-state index contributed by atoms with van der Waals surface area (Å²) in [5, 5.41) is 9.27. The number of allylic oxidation sites excluding steroid dienone is 1. The third-order valence-electron chi connectivity index (χ3n) is 3.17. The molecule has 0 bridgehead atoms. The van der Waals surface area contributed by atoms with Gasteiger partial charge in [-0.3, -0.25) is 9.69 Å². The lowest BCUT2D eigenvalue weighted by Gasteiger charge is -2.32. The average molecular weight is 197 g/mol. The Hall–Kier alpha value is -0.830. The van der Waals surface area contributed by atoms with Crippen LogP contribution in [0.1, 0.15) is 33.1 Å². The van der Waals surface area contributed by atoms with Crippen molar-refractivity contribution in [3.8, 4) is 0 Å². The Balaban J connectivity index is 2.77. The summed E-state index contributed by atoms with van der Waals surface area (Å²) in [5.74, 6) is -0.665. The Morgan fingerprint density at radius 3 is 2.86 bits per heavy atom. The number of hydrogen-bond acceptors (Lipinski definition) is 2. The number of rotatable bonds is 4. The molecule has 1 heterocycles. The van der Waals surface area contributed by atoms with Gasteiger partial charge in [0.05, 0.1) is 0 Å². The van der Waals surface area contributed by atoms with Gasteiger partial charge in [-0.2, -0.15) is 0 Å². The van der Waals surface area contributed by atoms with E-state index in [0.717, 1.165) is 25.9 Å². The van der Waals surface area contributed by atoms with Crippen molar-refractivity contribution in [2.75, 3.05) is 13.1 Å². The Morgan fingerprint density at radius 2 is 2.36 bits per heavy atom. The van der Waals surface area contributed by atoms with Crippen molar-refractivity contribution in [3.63, 3.8) is 0 Å². The van der Waals surface area contributed by atoms with E-state index in [0.29, 0.717) is 6.42 Å². The molecular formula is C11H19NO2. The van der Waals surface area contributed by atoms with Crippen LogP contribution in [0.2, 0.25) is 0 Å². The van der Waals surface area contributed by atoms with Crippen molar-refractivity contribution in [1.29, 1.82) is 0 Å². The molecule has 3 heteroatoms. The highest BCUT2D eigenvalue weighted by atomic mass is 16.4. The number of carbonyl (C=O) groups is 1. The molecule has 14 heavy (non-hydrogen) atoms. The van der Waals surface area contributed by atoms with Crippen LogP contribution in [0.3, 0.4) is 0 Å². The molecule has 0 amide bonds. The van der Waals surface area contributed by atoms with E-state index in [1.807, 2.05) is 26.0 Å². The molecule has 1 N–H and O–H groups in total. The Labute approximate surface area is 85.4 Å². The van der Waals surface area contributed by atoms with Crippen molar-refractivity contribution in [2.24, 2.45) is 0 Å². The minimum Gasteiger partial charge on any atom is -0.480 e. The Bertz CT molecular complexity index is 237. The molecule has 0 saturated carbocycles. The van der Waals surface area contributed by atoms with Crippen molar-refractivity contribution >= 4 is 5.97 Å². The van der Waals surface area contributed by atoms with E-state index in [1.165, 1.54) is 0 Å². The van der Waals surface area contributed by atoms with Crippen LogP contribution in [0.25, 0.3) is 0 Å². The molecule has 1 atom stereocenters. The summed E-state index contributed by atoms with van der Waals surface area (Å²) in [5.41, 5.74) is -0.598. The van der Waals surface area contributed by atoms with E-state index in [2.05, 4.69) is 4.90 Å². The fourth-order valence-electron chi connectivity index (χ4n) is 2.23. The van der Waals surface area contributed by atoms with Crippen molar-refractivity contribution in [1.82, 2.24) is 4.90 Å². The first-order valence-corrected chi connectivity index (χ1v) is 5.27. The molecule has 1 aliphatic heterocycles. The maximum absolute atomic E-state index is 11.3.